The molecule has 0 bridgehead atoms. The molecule has 17 heavy (non-hydrogen) atoms. The average Bonchev–Trinajstić information content (AvgIpc) is 2.22. The van der Waals surface area contributed by atoms with Crippen LogP contribution in [0, 0.1) is 10.8 Å². The molecule has 0 saturated heterocycles. The molecule has 4 nitrogen and oxygen atoms in total. The predicted molar refractivity (Wildman–Crippen MR) is 65.2 cm³/mol. The van der Waals surface area contributed by atoms with Crippen molar-refractivity contribution in [2.45, 2.75) is 39.7 Å². The minimum absolute atomic E-state index is 0.0410. The predicted octanol–water partition coefficient (Wildman–Crippen LogP) is 2.41. The molecule has 92 valence electrons. The molecule has 0 N–H and O–H groups in total. The molecule has 2 unspecified atom stereocenters. The molecule has 1 saturated carbocycles. The van der Waals surface area contributed by atoms with Crippen LogP contribution in [-0.2, 0) is 9.59 Å². The van der Waals surface area contributed by atoms with Crippen molar-refractivity contribution >= 4 is 12.2 Å². The highest BCUT2D eigenvalue weighted by Gasteiger charge is 2.44. The molecule has 2 atom stereocenters. The monoisotopic (exact) mass is 234 g/mol. The van der Waals surface area contributed by atoms with E-state index in [2.05, 4.69) is 30.4 Å². The molecule has 4 heteroatoms. The molecule has 1 aliphatic carbocycles. The Kier molecular flexibility index (Phi) is 3.82. The molecule has 0 amide bonds. The van der Waals surface area contributed by atoms with Crippen molar-refractivity contribution in [1.82, 2.24) is 0 Å². The second-order valence-electron chi connectivity index (χ2n) is 5.77. The molecule has 1 aliphatic rings. The van der Waals surface area contributed by atoms with E-state index in [0.29, 0.717) is 6.54 Å². The van der Waals surface area contributed by atoms with E-state index in [1.54, 1.807) is 12.2 Å². The molecule has 1 fully saturated rings. The van der Waals surface area contributed by atoms with Crippen molar-refractivity contribution in [3.8, 4) is 0 Å². The van der Waals surface area contributed by atoms with Crippen LogP contribution in [0.1, 0.15) is 33.6 Å². The normalized spacial score (nSPS) is 31.2. The smallest absolute Gasteiger partial charge is 0.211 e. The molecule has 0 aliphatic heterocycles. The number of nitrogens with zero attached hydrogens (tertiary/aromatic N) is 2. The lowest BCUT2D eigenvalue weighted by molar-refractivity contribution is 0.149. The van der Waals surface area contributed by atoms with Crippen molar-refractivity contribution in [1.29, 1.82) is 0 Å². The maximum atomic E-state index is 10.4. The molecule has 0 aromatic carbocycles. The number of hydrogen-bond acceptors (Lipinski definition) is 4. The Morgan fingerprint density at radius 3 is 2.53 bits per heavy atom. The average molecular weight is 234 g/mol. The lowest BCUT2D eigenvalue weighted by Gasteiger charge is -2.46. The summed E-state index contributed by atoms with van der Waals surface area (Å²) < 4.78 is 0. The zero-order chi connectivity index (χ0) is 13.1. The van der Waals surface area contributed by atoms with Crippen LogP contribution < -0.4 is 0 Å². The maximum Gasteiger partial charge on any atom is 0.235 e. The number of hydrogen-bond donors (Lipinski definition) is 0. The molecular formula is C13H18N2O2. The van der Waals surface area contributed by atoms with Crippen LogP contribution in [0.2, 0.25) is 0 Å². The third-order valence-electron chi connectivity index (χ3n) is 3.49. The van der Waals surface area contributed by atoms with Gasteiger partial charge in [0.1, 0.15) is 0 Å². The van der Waals surface area contributed by atoms with Crippen LogP contribution in [0.15, 0.2) is 22.1 Å². The summed E-state index contributed by atoms with van der Waals surface area (Å²) in [6.45, 7) is 10.6. The standard InChI is InChI=1S/C13H18N2O2/c1-10-11(15-9-17)5-12(2,3)6-13(10,4)7-14-8-16/h11H,1,5-7H2,2-4H3. The van der Waals surface area contributed by atoms with Gasteiger partial charge in [-0.25, -0.2) is 14.6 Å². The molecule has 1 rings (SSSR count). The van der Waals surface area contributed by atoms with Crippen molar-refractivity contribution in [3.63, 3.8) is 0 Å². The van der Waals surface area contributed by atoms with Gasteiger partial charge in [0.15, 0.2) is 0 Å². The summed E-state index contributed by atoms with van der Waals surface area (Å²) in [5, 5.41) is 0. The molecule has 0 aromatic rings. The zero-order valence-electron chi connectivity index (χ0n) is 10.6. The Hall–Kier alpha value is -1.50. The topological polar surface area (TPSA) is 58.9 Å². The quantitative estimate of drug-likeness (QED) is 0.427. The van der Waals surface area contributed by atoms with E-state index in [-0.39, 0.29) is 16.9 Å². The van der Waals surface area contributed by atoms with Crippen molar-refractivity contribution in [2.75, 3.05) is 6.54 Å². The van der Waals surface area contributed by atoms with Gasteiger partial charge >= 0.3 is 0 Å². The number of carbonyl (C=O) groups excluding carboxylic acids is 2. The number of isocyanates is 2. The van der Waals surface area contributed by atoms with Crippen LogP contribution >= 0.6 is 0 Å². The first kappa shape index (κ1) is 13.6. The van der Waals surface area contributed by atoms with Crippen molar-refractivity contribution in [2.24, 2.45) is 20.8 Å². The van der Waals surface area contributed by atoms with Gasteiger partial charge in [-0.1, -0.05) is 27.4 Å². The third-order valence-corrected chi connectivity index (χ3v) is 3.49. The van der Waals surface area contributed by atoms with Gasteiger partial charge in [0.25, 0.3) is 0 Å². The van der Waals surface area contributed by atoms with Gasteiger partial charge in [-0.2, -0.15) is 4.99 Å². The lowest BCUT2D eigenvalue weighted by Crippen LogP contribution is -2.41. The Morgan fingerprint density at radius 2 is 2.00 bits per heavy atom. The SMILES string of the molecule is C=C1C(N=C=O)CC(C)(C)CC1(C)CN=C=O. The summed E-state index contributed by atoms with van der Waals surface area (Å²) in [4.78, 5) is 28.2. The molecule has 0 heterocycles. The largest absolute Gasteiger partial charge is 0.235 e. The highest BCUT2D eigenvalue weighted by Crippen LogP contribution is 2.49. The van der Waals surface area contributed by atoms with Gasteiger partial charge < -0.3 is 0 Å². The number of rotatable bonds is 3. The van der Waals surface area contributed by atoms with Crippen LogP contribution in [0.4, 0.5) is 0 Å². The van der Waals surface area contributed by atoms with Gasteiger partial charge in [-0.05, 0) is 23.8 Å². The van der Waals surface area contributed by atoms with Crippen molar-refractivity contribution in [3.05, 3.63) is 12.2 Å². The second kappa shape index (κ2) is 4.79. The Balaban J connectivity index is 3.07. The minimum atomic E-state index is -0.301. The van der Waals surface area contributed by atoms with Crippen LogP contribution in [0.5, 0.6) is 0 Å². The van der Waals surface area contributed by atoms with Crippen LogP contribution in [-0.4, -0.2) is 24.7 Å². The summed E-state index contributed by atoms with van der Waals surface area (Å²) >= 11 is 0. The van der Waals surface area contributed by atoms with Gasteiger partial charge in [0, 0.05) is 5.41 Å². The fourth-order valence-electron chi connectivity index (χ4n) is 2.84. The second-order valence-corrected chi connectivity index (χ2v) is 5.77. The fraction of sp³-hybridized carbons (Fsp3) is 0.692. The van der Waals surface area contributed by atoms with Gasteiger partial charge in [0.2, 0.25) is 12.2 Å². The van der Waals surface area contributed by atoms with E-state index < -0.39 is 0 Å². The van der Waals surface area contributed by atoms with E-state index in [0.717, 1.165) is 18.4 Å². The minimum Gasteiger partial charge on any atom is -0.211 e. The van der Waals surface area contributed by atoms with Gasteiger partial charge in [0.05, 0.1) is 12.6 Å². The van der Waals surface area contributed by atoms with Crippen molar-refractivity contribution < 1.29 is 9.59 Å². The highest BCUT2D eigenvalue weighted by atomic mass is 16.1. The zero-order valence-corrected chi connectivity index (χ0v) is 10.6. The Morgan fingerprint density at radius 1 is 1.35 bits per heavy atom. The van der Waals surface area contributed by atoms with Crippen LogP contribution in [0.3, 0.4) is 0 Å². The first-order valence-electron chi connectivity index (χ1n) is 5.64. The first-order valence-corrected chi connectivity index (χ1v) is 5.64. The Labute approximate surface area is 102 Å². The molecular weight excluding hydrogens is 216 g/mol. The molecule has 0 spiro atoms. The van der Waals surface area contributed by atoms with Gasteiger partial charge in [-0.3, -0.25) is 0 Å². The third kappa shape index (κ3) is 3.00. The van der Waals surface area contributed by atoms with Crippen LogP contribution in [0.25, 0.3) is 0 Å². The highest BCUT2D eigenvalue weighted by molar-refractivity contribution is 5.38. The summed E-state index contributed by atoms with van der Waals surface area (Å²) in [6, 6.07) is -0.219. The first-order chi connectivity index (χ1) is 7.84. The summed E-state index contributed by atoms with van der Waals surface area (Å²) in [6.07, 6.45) is 4.82. The van der Waals surface area contributed by atoms with E-state index in [1.165, 1.54) is 0 Å². The Bertz CT molecular complexity index is 415. The molecule has 0 radical (unpaired) electrons. The van der Waals surface area contributed by atoms with E-state index in [1.807, 2.05) is 6.92 Å². The lowest BCUT2D eigenvalue weighted by atomic mass is 9.60. The number of aliphatic imine (C=N–C) groups is 2. The van der Waals surface area contributed by atoms with Gasteiger partial charge in [-0.15, -0.1) is 0 Å². The summed E-state index contributed by atoms with van der Waals surface area (Å²) in [7, 11) is 0. The van der Waals surface area contributed by atoms with E-state index in [9.17, 15) is 9.59 Å². The summed E-state index contributed by atoms with van der Waals surface area (Å²) in [5.74, 6) is 0. The van der Waals surface area contributed by atoms with E-state index >= 15 is 0 Å². The van der Waals surface area contributed by atoms with E-state index in [4.69, 9.17) is 0 Å². The maximum absolute atomic E-state index is 10.4. The summed E-state index contributed by atoms with van der Waals surface area (Å²) in [5.41, 5.74) is 0.600. The fourth-order valence-corrected chi connectivity index (χ4v) is 2.84. The molecule has 0 aromatic heterocycles.